The normalized spacial score (nSPS) is 11.7. The third-order valence-corrected chi connectivity index (χ3v) is 4.79. The molecule has 5 heteroatoms. The van der Waals surface area contributed by atoms with Crippen molar-refractivity contribution in [2.75, 3.05) is 7.05 Å². The first kappa shape index (κ1) is 20.2. The smallest absolute Gasteiger partial charge is 0.242 e. The van der Waals surface area contributed by atoms with Gasteiger partial charge in [0.15, 0.2) is 0 Å². The van der Waals surface area contributed by atoms with Crippen LogP contribution >= 0.6 is 15.9 Å². The number of halogens is 1. The number of nitrogens with zero attached hydrogens (tertiary/aromatic N) is 1. The quantitative estimate of drug-likeness (QED) is 0.778. The van der Waals surface area contributed by atoms with E-state index in [1.165, 1.54) is 0 Å². The van der Waals surface area contributed by atoms with Gasteiger partial charge >= 0.3 is 0 Å². The average Bonchev–Trinajstić information content (AvgIpc) is 2.57. The molecule has 2 rings (SSSR count). The van der Waals surface area contributed by atoms with Gasteiger partial charge in [-0.3, -0.25) is 9.59 Å². The fourth-order valence-corrected chi connectivity index (χ4v) is 3.52. The molecular weight excluding hydrogens is 392 g/mol. The van der Waals surface area contributed by atoms with E-state index < -0.39 is 6.04 Å². The number of carbonyl (C=O) groups is 2. The molecule has 0 spiro atoms. The highest BCUT2D eigenvalue weighted by atomic mass is 79.9. The maximum absolute atomic E-state index is 13.0. The Balaban J connectivity index is 2.26. The Bertz CT molecular complexity index is 784. The summed E-state index contributed by atoms with van der Waals surface area (Å²) in [5.41, 5.74) is 4.20. The Morgan fingerprint density at radius 3 is 2.31 bits per heavy atom. The van der Waals surface area contributed by atoms with Gasteiger partial charge in [-0.2, -0.15) is 0 Å². The summed E-state index contributed by atoms with van der Waals surface area (Å²) in [5.74, 6) is -0.236. The second-order valence-corrected chi connectivity index (χ2v) is 7.53. The highest BCUT2D eigenvalue weighted by molar-refractivity contribution is 9.10. The zero-order valence-electron chi connectivity index (χ0n) is 15.7. The number of benzene rings is 2. The number of carbonyl (C=O) groups excluding carboxylic acids is 2. The summed E-state index contributed by atoms with van der Waals surface area (Å²) in [6.45, 7) is 6.19. The summed E-state index contributed by atoms with van der Waals surface area (Å²) in [7, 11) is 1.59. The molecule has 0 unspecified atom stereocenters. The van der Waals surface area contributed by atoms with Crippen LogP contribution in [-0.4, -0.2) is 29.8 Å². The van der Waals surface area contributed by atoms with Gasteiger partial charge in [-0.15, -0.1) is 0 Å². The van der Waals surface area contributed by atoms with E-state index in [2.05, 4.69) is 27.3 Å². The van der Waals surface area contributed by atoms with Crippen LogP contribution in [0.5, 0.6) is 0 Å². The van der Waals surface area contributed by atoms with Gasteiger partial charge in [-0.05, 0) is 44.0 Å². The lowest BCUT2D eigenvalue weighted by Crippen LogP contribution is -2.47. The van der Waals surface area contributed by atoms with Gasteiger partial charge in [0.2, 0.25) is 11.8 Å². The molecule has 0 heterocycles. The van der Waals surface area contributed by atoms with Crippen molar-refractivity contribution in [2.24, 2.45) is 0 Å². The van der Waals surface area contributed by atoms with Gasteiger partial charge in [0.1, 0.15) is 6.04 Å². The van der Waals surface area contributed by atoms with Crippen LogP contribution in [0.15, 0.2) is 46.9 Å². The number of rotatable bonds is 6. The van der Waals surface area contributed by atoms with Gasteiger partial charge in [0, 0.05) is 18.1 Å². The molecule has 1 atom stereocenters. The predicted octanol–water partition coefficient (Wildman–Crippen LogP) is 3.77. The lowest BCUT2D eigenvalue weighted by Gasteiger charge is -2.28. The van der Waals surface area contributed by atoms with E-state index in [0.717, 1.165) is 26.7 Å². The summed E-state index contributed by atoms with van der Waals surface area (Å²) in [5, 5.41) is 2.64. The van der Waals surface area contributed by atoms with Crippen LogP contribution in [-0.2, 0) is 22.6 Å². The van der Waals surface area contributed by atoms with E-state index in [0.29, 0.717) is 6.54 Å². The van der Waals surface area contributed by atoms with Crippen molar-refractivity contribution in [1.29, 1.82) is 0 Å². The van der Waals surface area contributed by atoms with Crippen molar-refractivity contribution in [2.45, 2.75) is 39.8 Å². The van der Waals surface area contributed by atoms with Gasteiger partial charge in [-0.25, -0.2) is 0 Å². The van der Waals surface area contributed by atoms with Crippen LogP contribution in [0.4, 0.5) is 0 Å². The van der Waals surface area contributed by atoms with Crippen molar-refractivity contribution in [1.82, 2.24) is 10.2 Å². The first-order valence-electron chi connectivity index (χ1n) is 8.63. The van der Waals surface area contributed by atoms with Crippen molar-refractivity contribution in [3.63, 3.8) is 0 Å². The molecule has 138 valence electrons. The fourth-order valence-electron chi connectivity index (χ4n) is 3.07. The van der Waals surface area contributed by atoms with Gasteiger partial charge in [0.25, 0.3) is 0 Å². The Hall–Kier alpha value is -2.14. The number of hydrogen-bond donors (Lipinski definition) is 1. The number of aryl methyl sites for hydroxylation is 2. The van der Waals surface area contributed by atoms with E-state index in [1.54, 1.807) is 18.9 Å². The molecule has 26 heavy (non-hydrogen) atoms. The molecule has 2 aromatic rings. The predicted molar refractivity (Wildman–Crippen MR) is 108 cm³/mol. The van der Waals surface area contributed by atoms with Crippen LogP contribution < -0.4 is 5.32 Å². The van der Waals surface area contributed by atoms with E-state index >= 15 is 0 Å². The number of nitrogens with one attached hydrogen (secondary N) is 1. The second-order valence-electron chi connectivity index (χ2n) is 6.61. The Morgan fingerprint density at radius 1 is 1.08 bits per heavy atom. The van der Waals surface area contributed by atoms with Gasteiger partial charge < -0.3 is 10.2 Å². The SMILES string of the molecule is CNC(=O)[C@@H](C)N(Cc1cccc(Br)c1)C(=O)Cc1cc(C)cc(C)c1. The Morgan fingerprint density at radius 2 is 1.73 bits per heavy atom. The Kier molecular flexibility index (Phi) is 6.98. The highest BCUT2D eigenvalue weighted by Gasteiger charge is 2.25. The summed E-state index contributed by atoms with van der Waals surface area (Å²) in [6, 6.07) is 13.4. The zero-order chi connectivity index (χ0) is 19.3. The lowest BCUT2D eigenvalue weighted by atomic mass is 10.0. The van der Waals surface area contributed by atoms with Crippen molar-refractivity contribution in [3.05, 3.63) is 69.2 Å². The molecule has 0 saturated carbocycles. The highest BCUT2D eigenvalue weighted by Crippen LogP contribution is 2.17. The minimum Gasteiger partial charge on any atom is -0.357 e. The lowest BCUT2D eigenvalue weighted by molar-refractivity contribution is -0.139. The molecular formula is C21H25BrN2O2. The van der Waals surface area contributed by atoms with E-state index in [9.17, 15) is 9.59 Å². The van der Waals surface area contributed by atoms with Crippen LogP contribution in [0.2, 0.25) is 0 Å². The third kappa shape index (κ3) is 5.43. The van der Waals surface area contributed by atoms with Gasteiger partial charge in [0.05, 0.1) is 6.42 Å². The topological polar surface area (TPSA) is 49.4 Å². The zero-order valence-corrected chi connectivity index (χ0v) is 17.3. The molecule has 4 nitrogen and oxygen atoms in total. The van der Waals surface area contributed by atoms with Crippen LogP contribution in [0.25, 0.3) is 0 Å². The van der Waals surface area contributed by atoms with Gasteiger partial charge in [-0.1, -0.05) is 57.4 Å². The molecule has 1 N–H and O–H groups in total. The van der Waals surface area contributed by atoms with E-state index in [4.69, 9.17) is 0 Å². The summed E-state index contributed by atoms with van der Waals surface area (Å²) < 4.78 is 0.948. The number of amides is 2. The fraction of sp³-hybridized carbons (Fsp3) is 0.333. The van der Waals surface area contributed by atoms with E-state index in [1.807, 2.05) is 50.2 Å². The first-order valence-corrected chi connectivity index (χ1v) is 9.42. The maximum atomic E-state index is 13.0. The summed E-state index contributed by atoms with van der Waals surface area (Å²) >= 11 is 3.46. The largest absolute Gasteiger partial charge is 0.357 e. The van der Waals surface area contributed by atoms with Crippen LogP contribution in [0.3, 0.4) is 0 Å². The van der Waals surface area contributed by atoms with Crippen molar-refractivity contribution in [3.8, 4) is 0 Å². The molecule has 2 aromatic carbocycles. The number of likely N-dealkylation sites (N-methyl/N-ethyl adjacent to an activating group) is 1. The standard InChI is InChI=1S/C21H25BrN2O2/c1-14-8-15(2)10-18(9-14)12-20(25)24(16(3)21(26)23-4)13-17-6-5-7-19(22)11-17/h5-11,16H,12-13H2,1-4H3,(H,23,26)/t16-/m1/s1. The number of hydrogen-bond acceptors (Lipinski definition) is 2. The molecule has 0 radical (unpaired) electrons. The van der Waals surface area contributed by atoms with Crippen molar-refractivity contribution < 1.29 is 9.59 Å². The Labute approximate surface area is 163 Å². The molecule has 0 fully saturated rings. The molecule has 0 aliphatic heterocycles. The molecule has 0 bridgehead atoms. The van der Waals surface area contributed by atoms with Crippen LogP contribution in [0, 0.1) is 13.8 Å². The molecule has 0 aliphatic rings. The van der Waals surface area contributed by atoms with Crippen molar-refractivity contribution >= 4 is 27.7 Å². The second kappa shape index (κ2) is 8.99. The third-order valence-electron chi connectivity index (χ3n) is 4.29. The first-order chi connectivity index (χ1) is 12.3. The average molecular weight is 417 g/mol. The molecule has 0 aliphatic carbocycles. The summed E-state index contributed by atoms with van der Waals surface area (Å²) in [4.78, 5) is 26.8. The minimum atomic E-state index is -0.544. The molecule has 0 aromatic heterocycles. The van der Waals surface area contributed by atoms with E-state index in [-0.39, 0.29) is 18.2 Å². The van der Waals surface area contributed by atoms with Crippen LogP contribution in [0.1, 0.15) is 29.2 Å². The summed E-state index contributed by atoms with van der Waals surface area (Å²) in [6.07, 6.45) is 0.276. The minimum absolute atomic E-state index is 0.0638. The monoisotopic (exact) mass is 416 g/mol. The maximum Gasteiger partial charge on any atom is 0.242 e. The molecule has 2 amide bonds. The molecule has 0 saturated heterocycles.